The fourth-order valence-corrected chi connectivity index (χ4v) is 5.95. The van der Waals surface area contributed by atoms with Crippen LogP contribution >= 0.6 is 0 Å². The molecule has 0 N–H and O–H groups in total. The zero-order valence-electron chi connectivity index (χ0n) is 19.5. The molecule has 1 aromatic rings. The van der Waals surface area contributed by atoms with E-state index in [4.69, 9.17) is 4.74 Å². The number of hydrogen-bond acceptors (Lipinski definition) is 2. The first kappa shape index (κ1) is 23.4. The molecule has 0 saturated heterocycles. The highest BCUT2D eigenvalue weighted by Crippen LogP contribution is 2.44. The van der Waals surface area contributed by atoms with Crippen LogP contribution in [0.5, 0.6) is 0 Å². The Morgan fingerprint density at radius 3 is 2.03 bits per heavy atom. The van der Waals surface area contributed by atoms with E-state index in [-0.39, 0.29) is 5.97 Å². The summed E-state index contributed by atoms with van der Waals surface area (Å²) in [5.74, 6) is 3.49. The van der Waals surface area contributed by atoms with E-state index in [1.807, 2.05) is 12.1 Å². The fraction of sp³-hybridized carbons (Fsp3) is 0.750. The maximum atomic E-state index is 12.2. The van der Waals surface area contributed by atoms with Gasteiger partial charge in [0.2, 0.25) is 0 Å². The van der Waals surface area contributed by atoms with Crippen LogP contribution in [0.25, 0.3) is 0 Å². The molecule has 0 unspecified atom stereocenters. The second-order valence-electron chi connectivity index (χ2n) is 10.00. The van der Waals surface area contributed by atoms with Crippen molar-refractivity contribution >= 4 is 5.97 Å². The van der Waals surface area contributed by atoms with Crippen molar-refractivity contribution in [2.45, 2.75) is 110 Å². The number of hydrogen-bond donors (Lipinski definition) is 0. The summed E-state index contributed by atoms with van der Waals surface area (Å²) in [5, 5.41) is 0. The Hall–Kier alpha value is -1.31. The summed E-state index contributed by atoms with van der Waals surface area (Å²) in [7, 11) is 0. The van der Waals surface area contributed by atoms with Crippen molar-refractivity contribution in [1.29, 1.82) is 0 Å². The molecule has 0 bridgehead atoms. The van der Waals surface area contributed by atoms with E-state index in [0.717, 1.165) is 30.6 Å². The Morgan fingerprint density at radius 1 is 0.800 bits per heavy atom. The third-order valence-electron chi connectivity index (χ3n) is 7.88. The molecule has 168 valence electrons. The van der Waals surface area contributed by atoms with Gasteiger partial charge in [0.1, 0.15) is 0 Å². The standard InChI is InChI=1S/C28H44O2/c1-3-5-6-7-21-30-28(29)27-19-17-26(18-20-27)25-15-13-24(14-16-25)23-11-9-22(8-4-2)10-12-23/h17-20,22-25H,3-16,21H2,1-2H3/t22-,23-,24?,25?. The van der Waals surface area contributed by atoms with Crippen LogP contribution in [0.2, 0.25) is 0 Å². The molecular formula is C28H44O2. The van der Waals surface area contributed by atoms with Crippen LogP contribution in [0, 0.1) is 17.8 Å². The summed E-state index contributed by atoms with van der Waals surface area (Å²) in [5.41, 5.74) is 2.12. The first-order valence-electron chi connectivity index (χ1n) is 13.0. The molecule has 3 rings (SSSR count). The predicted octanol–water partition coefficient (Wildman–Crippen LogP) is 8.30. The van der Waals surface area contributed by atoms with E-state index in [2.05, 4.69) is 26.0 Å². The lowest BCUT2D eigenvalue weighted by Gasteiger charge is -2.38. The Kier molecular flexibility index (Phi) is 9.75. The van der Waals surface area contributed by atoms with Gasteiger partial charge in [0, 0.05) is 0 Å². The third-order valence-corrected chi connectivity index (χ3v) is 7.88. The molecule has 2 saturated carbocycles. The zero-order valence-corrected chi connectivity index (χ0v) is 19.5. The van der Waals surface area contributed by atoms with Crippen LogP contribution in [0.3, 0.4) is 0 Å². The highest BCUT2D eigenvalue weighted by molar-refractivity contribution is 5.89. The number of esters is 1. The molecule has 2 nitrogen and oxygen atoms in total. The monoisotopic (exact) mass is 412 g/mol. The molecule has 2 aliphatic rings. The minimum Gasteiger partial charge on any atom is -0.462 e. The zero-order chi connectivity index (χ0) is 21.2. The van der Waals surface area contributed by atoms with E-state index in [9.17, 15) is 4.79 Å². The molecule has 0 aliphatic heterocycles. The summed E-state index contributed by atoms with van der Waals surface area (Å²) in [6.45, 7) is 5.07. The number of ether oxygens (including phenoxy) is 1. The molecule has 2 fully saturated rings. The van der Waals surface area contributed by atoms with Crippen LogP contribution in [0.1, 0.15) is 126 Å². The van der Waals surface area contributed by atoms with Gasteiger partial charge in [-0.05, 0) is 86.3 Å². The summed E-state index contributed by atoms with van der Waals surface area (Å²) >= 11 is 0. The van der Waals surface area contributed by atoms with Crippen molar-refractivity contribution in [1.82, 2.24) is 0 Å². The van der Waals surface area contributed by atoms with Gasteiger partial charge in [-0.3, -0.25) is 0 Å². The normalized spacial score (nSPS) is 27.0. The van der Waals surface area contributed by atoms with Crippen molar-refractivity contribution in [3.8, 4) is 0 Å². The third kappa shape index (κ3) is 6.86. The molecule has 0 radical (unpaired) electrons. The van der Waals surface area contributed by atoms with Gasteiger partial charge < -0.3 is 4.74 Å². The van der Waals surface area contributed by atoms with Crippen molar-refractivity contribution < 1.29 is 9.53 Å². The summed E-state index contributed by atoms with van der Waals surface area (Å²) in [6, 6.07) is 8.30. The Bertz CT molecular complexity index is 604. The van der Waals surface area contributed by atoms with Crippen LogP contribution < -0.4 is 0 Å². The largest absolute Gasteiger partial charge is 0.462 e. The Balaban J connectivity index is 1.40. The van der Waals surface area contributed by atoms with Crippen LogP contribution in [0.4, 0.5) is 0 Å². The molecule has 30 heavy (non-hydrogen) atoms. The lowest BCUT2D eigenvalue weighted by atomic mass is 9.68. The second kappa shape index (κ2) is 12.5. The van der Waals surface area contributed by atoms with Crippen molar-refractivity contribution in [3.05, 3.63) is 35.4 Å². The Morgan fingerprint density at radius 2 is 1.43 bits per heavy atom. The maximum Gasteiger partial charge on any atom is 0.338 e. The van der Waals surface area contributed by atoms with E-state index < -0.39 is 0 Å². The van der Waals surface area contributed by atoms with Gasteiger partial charge >= 0.3 is 5.97 Å². The SMILES string of the molecule is CCCCCCOC(=O)c1ccc(C2CCC([C@H]3CC[C@H](CCC)CC3)CC2)cc1. The summed E-state index contributed by atoms with van der Waals surface area (Å²) in [6.07, 6.45) is 18.7. The summed E-state index contributed by atoms with van der Waals surface area (Å²) < 4.78 is 5.43. The first-order valence-corrected chi connectivity index (χ1v) is 13.0. The predicted molar refractivity (Wildman–Crippen MR) is 126 cm³/mol. The molecule has 2 aliphatic carbocycles. The molecule has 0 aromatic heterocycles. The van der Waals surface area contributed by atoms with Gasteiger partial charge in [0.25, 0.3) is 0 Å². The van der Waals surface area contributed by atoms with Crippen LogP contribution in [0.15, 0.2) is 24.3 Å². The van der Waals surface area contributed by atoms with Gasteiger partial charge in [-0.15, -0.1) is 0 Å². The minimum atomic E-state index is -0.166. The van der Waals surface area contributed by atoms with Gasteiger partial charge in [-0.25, -0.2) is 4.79 Å². The molecule has 2 heteroatoms. The van der Waals surface area contributed by atoms with Crippen molar-refractivity contribution in [3.63, 3.8) is 0 Å². The number of carbonyl (C=O) groups excluding carboxylic acids is 1. The quantitative estimate of drug-likeness (QED) is 0.285. The van der Waals surface area contributed by atoms with E-state index >= 15 is 0 Å². The highest BCUT2D eigenvalue weighted by Gasteiger charge is 2.31. The van der Waals surface area contributed by atoms with Gasteiger partial charge in [0.05, 0.1) is 12.2 Å². The number of rotatable bonds is 10. The molecule has 0 amide bonds. The topological polar surface area (TPSA) is 26.3 Å². The van der Waals surface area contributed by atoms with E-state index in [0.29, 0.717) is 18.1 Å². The maximum absolute atomic E-state index is 12.2. The van der Waals surface area contributed by atoms with Crippen LogP contribution in [-0.2, 0) is 4.74 Å². The lowest BCUT2D eigenvalue weighted by molar-refractivity contribution is 0.0498. The summed E-state index contributed by atoms with van der Waals surface area (Å²) in [4.78, 5) is 12.2. The number of unbranched alkanes of at least 4 members (excludes halogenated alkanes) is 3. The number of carbonyl (C=O) groups is 1. The molecular weight excluding hydrogens is 368 g/mol. The first-order chi connectivity index (χ1) is 14.7. The average Bonchev–Trinajstić information content (AvgIpc) is 2.80. The molecule has 0 atom stereocenters. The minimum absolute atomic E-state index is 0.166. The second-order valence-corrected chi connectivity index (χ2v) is 10.00. The van der Waals surface area contributed by atoms with E-state index in [1.54, 1.807) is 0 Å². The lowest BCUT2D eigenvalue weighted by Crippen LogP contribution is -2.25. The van der Waals surface area contributed by atoms with E-state index in [1.165, 1.54) is 82.6 Å². The van der Waals surface area contributed by atoms with Crippen molar-refractivity contribution in [2.75, 3.05) is 6.61 Å². The van der Waals surface area contributed by atoms with Gasteiger partial charge in [0.15, 0.2) is 0 Å². The number of benzene rings is 1. The van der Waals surface area contributed by atoms with Crippen molar-refractivity contribution in [2.24, 2.45) is 17.8 Å². The Labute approximate surface area is 185 Å². The smallest absolute Gasteiger partial charge is 0.338 e. The average molecular weight is 413 g/mol. The highest BCUT2D eigenvalue weighted by atomic mass is 16.5. The molecule has 0 spiro atoms. The van der Waals surface area contributed by atoms with Gasteiger partial charge in [-0.2, -0.15) is 0 Å². The molecule has 1 aromatic carbocycles. The van der Waals surface area contributed by atoms with Crippen LogP contribution in [-0.4, -0.2) is 12.6 Å². The molecule has 0 heterocycles. The fourth-order valence-electron chi connectivity index (χ4n) is 5.95. The van der Waals surface area contributed by atoms with Gasteiger partial charge in [-0.1, -0.05) is 70.9 Å².